The van der Waals surface area contributed by atoms with Gasteiger partial charge in [0.05, 0.1) is 6.61 Å². The Kier molecular flexibility index (Phi) is 3.68. The minimum absolute atomic E-state index is 0.0631. The van der Waals surface area contributed by atoms with Crippen LogP contribution in [0, 0.1) is 0 Å². The molecule has 7 heteroatoms. The summed E-state index contributed by atoms with van der Waals surface area (Å²) in [6.07, 6.45) is -0.700. The van der Waals surface area contributed by atoms with Crippen LogP contribution in [0.3, 0.4) is 0 Å². The van der Waals surface area contributed by atoms with Gasteiger partial charge in [0.1, 0.15) is 12.8 Å². The van der Waals surface area contributed by atoms with Crippen LogP contribution in [0.25, 0.3) is 0 Å². The molecule has 7 nitrogen and oxygen atoms in total. The van der Waals surface area contributed by atoms with Crippen LogP contribution in [-0.2, 0) is 9.47 Å². The van der Waals surface area contributed by atoms with Crippen molar-refractivity contribution in [2.75, 3.05) is 39.4 Å². The second-order valence-corrected chi connectivity index (χ2v) is 3.98. The Balaban J connectivity index is 1.78. The summed E-state index contributed by atoms with van der Waals surface area (Å²) in [5, 5.41) is 2.72. The fourth-order valence-electron chi connectivity index (χ4n) is 2.00. The zero-order valence-corrected chi connectivity index (χ0v) is 9.85. The third-order valence-electron chi connectivity index (χ3n) is 2.94. The summed E-state index contributed by atoms with van der Waals surface area (Å²) in [6.45, 7) is 5.22. The Bertz CT molecular complexity index is 302. The quantitative estimate of drug-likeness (QED) is 0.729. The van der Waals surface area contributed by atoms with Crippen molar-refractivity contribution >= 4 is 12.2 Å². The Morgan fingerprint density at radius 1 is 1.47 bits per heavy atom. The SMILES string of the molecule is CCOC(=O)N1CCN(C2COC(=O)N2)CC1. The number of hydrogen-bond acceptors (Lipinski definition) is 5. The number of ether oxygens (including phenoxy) is 2. The van der Waals surface area contributed by atoms with E-state index in [1.807, 2.05) is 0 Å². The van der Waals surface area contributed by atoms with Crippen LogP contribution >= 0.6 is 0 Å². The van der Waals surface area contributed by atoms with Crippen LogP contribution in [0.5, 0.6) is 0 Å². The lowest BCUT2D eigenvalue weighted by molar-refractivity contribution is 0.0602. The number of piperazine rings is 1. The molecule has 17 heavy (non-hydrogen) atoms. The van der Waals surface area contributed by atoms with Crippen molar-refractivity contribution < 1.29 is 19.1 Å². The monoisotopic (exact) mass is 243 g/mol. The van der Waals surface area contributed by atoms with Crippen molar-refractivity contribution in [2.24, 2.45) is 0 Å². The summed E-state index contributed by atoms with van der Waals surface area (Å²) in [6, 6.07) is 0. The zero-order chi connectivity index (χ0) is 12.3. The zero-order valence-electron chi connectivity index (χ0n) is 9.85. The van der Waals surface area contributed by atoms with E-state index in [1.165, 1.54) is 0 Å². The smallest absolute Gasteiger partial charge is 0.409 e. The average Bonchev–Trinajstić information content (AvgIpc) is 2.76. The first-order valence-corrected chi connectivity index (χ1v) is 5.79. The molecule has 2 heterocycles. The summed E-state index contributed by atoms with van der Waals surface area (Å²) < 4.78 is 9.77. The first-order valence-electron chi connectivity index (χ1n) is 5.79. The van der Waals surface area contributed by atoms with E-state index in [9.17, 15) is 9.59 Å². The fraction of sp³-hybridized carbons (Fsp3) is 0.800. The highest BCUT2D eigenvalue weighted by molar-refractivity contribution is 5.69. The Hall–Kier alpha value is -1.50. The molecular formula is C10H17N3O4. The number of amides is 2. The molecule has 0 aromatic heterocycles. The van der Waals surface area contributed by atoms with E-state index in [0.29, 0.717) is 39.4 Å². The van der Waals surface area contributed by atoms with Gasteiger partial charge >= 0.3 is 12.2 Å². The molecule has 2 rings (SSSR count). The van der Waals surface area contributed by atoms with Crippen molar-refractivity contribution in [2.45, 2.75) is 13.1 Å². The molecule has 0 bridgehead atoms. The minimum atomic E-state index is -0.372. The molecule has 2 amide bonds. The summed E-state index contributed by atoms with van der Waals surface area (Å²) >= 11 is 0. The molecular weight excluding hydrogens is 226 g/mol. The van der Waals surface area contributed by atoms with Gasteiger partial charge in [-0.25, -0.2) is 9.59 Å². The van der Waals surface area contributed by atoms with Crippen LogP contribution in [0.1, 0.15) is 6.92 Å². The largest absolute Gasteiger partial charge is 0.450 e. The maximum atomic E-state index is 11.5. The van der Waals surface area contributed by atoms with Gasteiger partial charge in [0.25, 0.3) is 0 Å². The Labute approximate surface area is 99.6 Å². The highest BCUT2D eigenvalue weighted by Crippen LogP contribution is 2.09. The number of nitrogens with zero attached hydrogens (tertiary/aromatic N) is 2. The van der Waals surface area contributed by atoms with E-state index < -0.39 is 0 Å². The second kappa shape index (κ2) is 5.22. The number of carbonyl (C=O) groups excluding carboxylic acids is 2. The standard InChI is InChI=1S/C10H17N3O4/c1-2-16-10(15)13-5-3-12(4-6-13)8-7-17-9(14)11-8/h8H,2-7H2,1H3,(H,11,14). The Morgan fingerprint density at radius 2 is 2.18 bits per heavy atom. The van der Waals surface area contributed by atoms with Crippen molar-refractivity contribution in [1.29, 1.82) is 0 Å². The third kappa shape index (κ3) is 2.79. The van der Waals surface area contributed by atoms with Crippen molar-refractivity contribution in [3.05, 3.63) is 0 Å². The third-order valence-corrected chi connectivity index (χ3v) is 2.94. The molecule has 1 atom stereocenters. The molecule has 0 aromatic carbocycles. The van der Waals surface area contributed by atoms with E-state index >= 15 is 0 Å². The van der Waals surface area contributed by atoms with Gasteiger partial charge in [-0.2, -0.15) is 0 Å². The highest BCUT2D eigenvalue weighted by Gasteiger charge is 2.31. The molecule has 2 fully saturated rings. The predicted molar refractivity (Wildman–Crippen MR) is 58.4 cm³/mol. The first kappa shape index (κ1) is 12.0. The summed E-state index contributed by atoms with van der Waals surface area (Å²) in [5.74, 6) is 0. The van der Waals surface area contributed by atoms with E-state index in [-0.39, 0.29) is 18.4 Å². The number of carbonyl (C=O) groups is 2. The van der Waals surface area contributed by atoms with Gasteiger partial charge in [-0.15, -0.1) is 0 Å². The van der Waals surface area contributed by atoms with Gasteiger partial charge in [0.15, 0.2) is 0 Å². The summed E-state index contributed by atoms with van der Waals surface area (Å²) in [7, 11) is 0. The van der Waals surface area contributed by atoms with Gasteiger partial charge < -0.3 is 19.7 Å². The minimum Gasteiger partial charge on any atom is -0.450 e. The summed E-state index contributed by atoms with van der Waals surface area (Å²) in [4.78, 5) is 26.2. The van der Waals surface area contributed by atoms with E-state index in [1.54, 1.807) is 11.8 Å². The normalized spacial score (nSPS) is 25.4. The molecule has 96 valence electrons. The number of cyclic esters (lactones) is 1. The van der Waals surface area contributed by atoms with Crippen LogP contribution in [0.15, 0.2) is 0 Å². The molecule has 1 unspecified atom stereocenters. The predicted octanol–water partition coefficient (Wildman–Crippen LogP) is -0.174. The number of alkyl carbamates (subject to hydrolysis) is 1. The number of rotatable bonds is 2. The van der Waals surface area contributed by atoms with Gasteiger partial charge in [0.2, 0.25) is 0 Å². The lowest BCUT2D eigenvalue weighted by Crippen LogP contribution is -2.55. The van der Waals surface area contributed by atoms with Crippen LogP contribution in [-0.4, -0.2) is 67.5 Å². The maximum absolute atomic E-state index is 11.5. The number of nitrogens with one attached hydrogen (secondary N) is 1. The molecule has 2 aliphatic rings. The molecule has 0 aromatic rings. The number of hydrogen-bond donors (Lipinski definition) is 1. The molecule has 1 N–H and O–H groups in total. The van der Waals surface area contributed by atoms with Gasteiger partial charge in [-0.05, 0) is 6.92 Å². The van der Waals surface area contributed by atoms with Crippen LogP contribution < -0.4 is 5.32 Å². The van der Waals surface area contributed by atoms with Crippen LogP contribution in [0.4, 0.5) is 9.59 Å². The summed E-state index contributed by atoms with van der Waals surface area (Å²) in [5.41, 5.74) is 0. The van der Waals surface area contributed by atoms with Crippen molar-refractivity contribution in [3.8, 4) is 0 Å². The van der Waals surface area contributed by atoms with Crippen LogP contribution in [0.2, 0.25) is 0 Å². The lowest BCUT2D eigenvalue weighted by Gasteiger charge is -2.36. The second-order valence-electron chi connectivity index (χ2n) is 3.98. The molecule has 0 aliphatic carbocycles. The molecule has 0 saturated carbocycles. The average molecular weight is 243 g/mol. The topological polar surface area (TPSA) is 71.1 Å². The lowest BCUT2D eigenvalue weighted by atomic mass is 10.3. The Morgan fingerprint density at radius 3 is 2.71 bits per heavy atom. The molecule has 0 spiro atoms. The maximum Gasteiger partial charge on any atom is 0.409 e. The molecule has 2 aliphatic heterocycles. The van der Waals surface area contributed by atoms with Gasteiger partial charge in [-0.3, -0.25) is 4.90 Å². The highest BCUT2D eigenvalue weighted by atomic mass is 16.6. The van der Waals surface area contributed by atoms with E-state index in [0.717, 1.165) is 0 Å². The fourth-order valence-corrected chi connectivity index (χ4v) is 2.00. The van der Waals surface area contributed by atoms with E-state index in [2.05, 4.69) is 10.2 Å². The molecule has 2 saturated heterocycles. The first-order chi connectivity index (χ1) is 8.20. The van der Waals surface area contributed by atoms with Gasteiger partial charge in [0, 0.05) is 26.2 Å². The van der Waals surface area contributed by atoms with Gasteiger partial charge in [-0.1, -0.05) is 0 Å². The van der Waals surface area contributed by atoms with E-state index in [4.69, 9.17) is 9.47 Å². The van der Waals surface area contributed by atoms with Crippen molar-refractivity contribution in [1.82, 2.24) is 15.1 Å². The van der Waals surface area contributed by atoms with Crippen molar-refractivity contribution in [3.63, 3.8) is 0 Å². The molecule has 0 radical (unpaired) electrons.